The van der Waals surface area contributed by atoms with Gasteiger partial charge in [0.25, 0.3) is 5.91 Å². The SMILES string of the molecule is O=C(c1ccnc(F)c1)N1CCN(CCO)CC1. The van der Waals surface area contributed by atoms with Crippen molar-refractivity contribution in [2.45, 2.75) is 0 Å². The summed E-state index contributed by atoms with van der Waals surface area (Å²) in [7, 11) is 0. The molecule has 2 heterocycles. The van der Waals surface area contributed by atoms with Crippen molar-refractivity contribution in [2.75, 3.05) is 39.3 Å². The molecule has 6 heteroatoms. The summed E-state index contributed by atoms with van der Waals surface area (Å²) in [5, 5.41) is 8.83. The third kappa shape index (κ3) is 3.02. The fraction of sp³-hybridized carbons (Fsp3) is 0.500. The minimum atomic E-state index is -0.639. The maximum Gasteiger partial charge on any atom is 0.254 e. The molecule has 0 aromatic carbocycles. The van der Waals surface area contributed by atoms with E-state index in [0.717, 1.165) is 19.2 Å². The van der Waals surface area contributed by atoms with Crippen LogP contribution in [0.15, 0.2) is 18.3 Å². The molecule has 2 rings (SSSR count). The summed E-state index contributed by atoms with van der Waals surface area (Å²) in [5.74, 6) is -0.806. The first-order chi connectivity index (χ1) is 8.70. The molecule has 1 N–H and O–H groups in total. The predicted octanol–water partition coefficient (Wildman–Crippen LogP) is -0.0292. The van der Waals surface area contributed by atoms with Crippen molar-refractivity contribution in [3.8, 4) is 0 Å². The fourth-order valence-electron chi connectivity index (χ4n) is 2.03. The Bertz CT molecular complexity index is 420. The first kappa shape index (κ1) is 12.9. The molecule has 1 aromatic heterocycles. The van der Waals surface area contributed by atoms with Crippen LogP contribution in [0.4, 0.5) is 4.39 Å². The summed E-state index contributed by atoms with van der Waals surface area (Å²) in [6.07, 6.45) is 1.30. The highest BCUT2D eigenvalue weighted by molar-refractivity contribution is 5.94. The summed E-state index contributed by atoms with van der Waals surface area (Å²) < 4.78 is 12.9. The Morgan fingerprint density at radius 2 is 2.11 bits per heavy atom. The summed E-state index contributed by atoms with van der Waals surface area (Å²) >= 11 is 0. The molecular formula is C12H16FN3O2. The Hall–Kier alpha value is -1.53. The van der Waals surface area contributed by atoms with Crippen LogP contribution in [0.1, 0.15) is 10.4 Å². The number of nitrogens with zero attached hydrogens (tertiary/aromatic N) is 3. The van der Waals surface area contributed by atoms with Gasteiger partial charge in [0.2, 0.25) is 5.95 Å². The van der Waals surface area contributed by atoms with Crippen molar-refractivity contribution in [2.24, 2.45) is 0 Å². The van der Waals surface area contributed by atoms with Crippen molar-refractivity contribution in [3.63, 3.8) is 0 Å². The predicted molar refractivity (Wildman–Crippen MR) is 63.6 cm³/mol. The van der Waals surface area contributed by atoms with Crippen LogP contribution < -0.4 is 0 Å². The van der Waals surface area contributed by atoms with E-state index in [1.54, 1.807) is 4.90 Å². The van der Waals surface area contributed by atoms with Gasteiger partial charge in [0.1, 0.15) is 0 Å². The quantitative estimate of drug-likeness (QED) is 0.769. The molecule has 1 fully saturated rings. The lowest BCUT2D eigenvalue weighted by Crippen LogP contribution is -2.49. The van der Waals surface area contributed by atoms with Gasteiger partial charge in [-0.15, -0.1) is 0 Å². The van der Waals surface area contributed by atoms with Crippen LogP contribution in [-0.4, -0.2) is 65.1 Å². The van der Waals surface area contributed by atoms with E-state index in [2.05, 4.69) is 9.88 Å². The number of pyridine rings is 1. The summed E-state index contributed by atoms with van der Waals surface area (Å²) in [6, 6.07) is 2.67. The molecule has 0 unspecified atom stereocenters. The van der Waals surface area contributed by atoms with E-state index in [-0.39, 0.29) is 12.5 Å². The lowest BCUT2D eigenvalue weighted by atomic mass is 10.2. The second-order valence-electron chi connectivity index (χ2n) is 4.22. The molecule has 1 saturated heterocycles. The Balaban J connectivity index is 1.95. The number of carbonyl (C=O) groups is 1. The number of piperazine rings is 1. The molecule has 0 bridgehead atoms. The molecule has 0 radical (unpaired) electrons. The number of halogens is 1. The van der Waals surface area contributed by atoms with Gasteiger partial charge in [-0.3, -0.25) is 9.69 Å². The van der Waals surface area contributed by atoms with E-state index in [1.807, 2.05) is 0 Å². The molecule has 0 atom stereocenters. The number of aliphatic hydroxyl groups is 1. The number of rotatable bonds is 3. The van der Waals surface area contributed by atoms with Gasteiger partial charge in [-0.2, -0.15) is 4.39 Å². The number of aliphatic hydroxyl groups excluding tert-OH is 1. The zero-order valence-electron chi connectivity index (χ0n) is 10.0. The van der Waals surface area contributed by atoms with Gasteiger partial charge >= 0.3 is 0 Å². The standard InChI is InChI=1S/C12H16FN3O2/c13-11-9-10(1-2-14-11)12(18)16-5-3-15(4-6-16)7-8-17/h1-2,9,17H,3-8H2. The molecule has 18 heavy (non-hydrogen) atoms. The number of amides is 1. The van der Waals surface area contributed by atoms with Crippen LogP contribution in [0.2, 0.25) is 0 Å². The van der Waals surface area contributed by atoms with E-state index in [4.69, 9.17) is 5.11 Å². The second-order valence-corrected chi connectivity index (χ2v) is 4.22. The highest BCUT2D eigenvalue weighted by Gasteiger charge is 2.21. The maximum atomic E-state index is 12.9. The molecular weight excluding hydrogens is 237 g/mol. The van der Waals surface area contributed by atoms with Crippen LogP contribution in [0, 0.1) is 5.95 Å². The van der Waals surface area contributed by atoms with Gasteiger partial charge in [-0.05, 0) is 6.07 Å². The molecule has 0 spiro atoms. The van der Waals surface area contributed by atoms with Gasteiger partial charge in [-0.25, -0.2) is 4.98 Å². The van der Waals surface area contributed by atoms with E-state index in [9.17, 15) is 9.18 Å². The van der Waals surface area contributed by atoms with Crippen LogP contribution in [0.3, 0.4) is 0 Å². The third-order valence-electron chi connectivity index (χ3n) is 3.05. The fourth-order valence-corrected chi connectivity index (χ4v) is 2.03. The topological polar surface area (TPSA) is 56.7 Å². The number of β-amino-alcohol motifs (C(OH)–C–C–N with tert-alkyl or cyclic N) is 1. The average Bonchev–Trinajstić information content (AvgIpc) is 2.39. The summed E-state index contributed by atoms with van der Waals surface area (Å²) in [4.78, 5) is 19.3. The lowest BCUT2D eigenvalue weighted by molar-refractivity contribution is 0.0614. The van der Waals surface area contributed by atoms with Crippen molar-refractivity contribution >= 4 is 5.91 Å². The molecule has 1 aromatic rings. The van der Waals surface area contributed by atoms with Crippen molar-refractivity contribution in [1.29, 1.82) is 0 Å². The van der Waals surface area contributed by atoms with Crippen molar-refractivity contribution in [1.82, 2.24) is 14.8 Å². The largest absolute Gasteiger partial charge is 0.395 e. The molecule has 1 aliphatic heterocycles. The van der Waals surface area contributed by atoms with Crippen LogP contribution >= 0.6 is 0 Å². The Morgan fingerprint density at radius 1 is 1.39 bits per heavy atom. The smallest absolute Gasteiger partial charge is 0.254 e. The van der Waals surface area contributed by atoms with Crippen molar-refractivity contribution in [3.05, 3.63) is 29.8 Å². The third-order valence-corrected chi connectivity index (χ3v) is 3.05. The molecule has 5 nitrogen and oxygen atoms in total. The molecule has 1 amide bonds. The number of hydrogen-bond donors (Lipinski definition) is 1. The first-order valence-corrected chi connectivity index (χ1v) is 5.95. The van der Waals surface area contributed by atoms with E-state index < -0.39 is 5.95 Å². The number of hydrogen-bond acceptors (Lipinski definition) is 4. The molecule has 0 aliphatic carbocycles. The van der Waals surface area contributed by atoms with Gasteiger partial charge in [0, 0.05) is 50.6 Å². The van der Waals surface area contributed by atoms with E-state index >= 15 is 0 Å². The normalized spacial score (nSPS) is 16.9. The first-order valence-electron chi connectivity index (χ1n) is 5.95. The van der Waals surface area contributed by atoms with Gasteiger partial charge in [0.05, 0.1) is 6.61 Å². The van der Waals surface area contributed by atoms with Crippen LogP contribution in [0.5, 0.6) is 0 Å². The lowest BCUT2D eigenvalue weighted by Gasteiger charge is -2.34. The van der Waals surface area contributed by atoms with E-state index in [0.29, 0.717) is 25.2 Å². The maximum absolute atomic E-state index is 12.9. The van der Waals surface area contributed by atoms with E-state index in [1.165, 1.54) is 12.3 Å². The van der Waals surface area contributed by atoms with Crippen LogP contribution in [-0.2, 0) is 0 Å². The van der Waals surface area contributed by atoms with Gasteiger partial charge in [0.15, 0.2) is 0 Å². The Morgan fingerprint density at radius 3 is 2.72 bits per heavy atom. The monoisotopic (exact) mass is 253 g/mol. The van der Waals surface area contributed by atoms with Gasteiger partial charge in [-0.1, -0.05) is 0 Å². The number of aromatic nitrogens is 1. The minimum Gasteiger partial charge on any atom is -0.395 e. The summed E-state index contributed by atoms with van der Waals surface area (Å²) in [6.45, 7) is 3.43. The summed E-state index contributed by atoms with van der Waals surface area (Å²) in [5.41, 5.74) is 0.332. The Kier molecular flexibility index (Phi) is 4.22. The number of carbonyl (C=O) groups excluding carboxylic acids is 1. The highest BCUT2D eigenvalue weighted by atomic mass is 19.1. The Labute approximate surface area is 105 Å². The van der Waals surface area contributed by atoms with Crippen LogP contribution in [0.25, 0.3) is 0 Å². The zero-order valence-corrected chi connectivity index (χ0v) is 10.0. The molecule has 0 saturated carbocycles. The minimum absolute atomic E-state index is 0.128. The van der Waals surface area contributed by atoms with Crippen molar-refractivity contribution < 1.29 is 14.3 Å². The second kappa shape index (κ2) is 5.88. The molecule has 1 aliphatic rings. The average molecular weight is 253 g/mol. The molecule has 98 valence electrons. The van der Waals surface area contributed by atoms with Gasteiger partial charge < -0.3 is 10.0 Å². The highest BCUT2D eigenvalue weighted by Crippen LogP contribution is 2.09. The zero-order chi connectivity index (χ0) is 13.0.